The van der Waals surface area contributed by atoms with Gasteiger partial charge in [-0.25, -0.2) is 0 Å². The number of piperidine rings is 1. The molecule has 3 aromatic carbocycles. The molecule has 1 aliphatic heterocycles. The highest BCUT2D eigenvalue weighted by Gasteiger charge is 2.41. The number of hydrogen-bond acceptors (Lipinski definition) is 3. The molecule has 1 saturated heterocycles. The Morgan fingerprint density at radius 1 is 0.861 bits per heavy atom. The average Bonchev–Trinajstić information content (AvgIpc) is 2.92. The lowest BCUT2D eigenvalue weighted by atomic mass is 9.72. The number of carboxylic acids is 1. The highest BCUT2D eigenvalue weighted by Crippen LogP contribution is 2.41. The van der Waals surface area contributed by atoms with E-state index in [-0.39, 0.29) is 5.92 Å². The summed E-state index contributed by atoms with van der Waals surface area (Å²) in [6, 6.07) is 27.9. The molecule has 0 radical (unpaired) electrons. The second-order valence-electron chi connectivity index (χ2n) is 10.4. The van der Waals surface area contributed by atoms with E-state index in [4.69, 9.17) is 0 Å². The van der Waals surface area contributed by atoms with Gasteiger partial charge in [0.05, 0.1) is 5.41 Å². The van der Waals surface area contributed by atoms with Crippen LogP contribution >= 0.6 is 0 Å². The number of hydrogen-bond donors (Lipinski definition) is 2. The van der Waals surface area contributed by atoms with Crippen LogP contribution in [-0.2, 0) is 15.8 Å². The standard InChI is InChI=1S/C32H37NO3/c1-31(2,30(34)35)26-18-16-25(17-19-26)11-9-10-22-33-23-20-29(21-24-33)32(36,27-12-5-3-6-13-27)28-14-7-4-8-15-28/h3-9,11-19,29,36H,10,20-24H2,1-2H3,(H,34,35)/b11-9-. The van der Waals surface area contributed by atoms with E-state index in [1.54, 1.807) is 13.8 Å². The number of aliphatic carboxylic acids is 1. The fourth-order valence-electron chi connectivity index (χ4n) is 5.21. The van der Waals surface area contributed by atoms with Gasteiger partial charge in [-0.15, -0.1) is 0 Å². The van der Waals surface area contributed by atoms with Gasteiger partial charge < -0.3 is 15.1 Å². The van der Waals surface area contributed by atoms with Crippen LogP contribution in [0.15, 0.2) is 91.0 Å². The third-order valence-electron chi connectivity index (χ3n) is 7.70. The van der Waals surface area contributed by atoms with Crippen LogP contribution in [0.1, 0.15) is 55.4 Å². The second kappa shape index (κ2) is 11.2. The second-order valence-corrected chi connectivity index (χ2v) is 10.4. The van der Waals surface area contributed by atoms with Crippen molar-refractivity contribution >= 4 is 12.0 Å². The number of carbonyl (C=O) groups is 1. The van der Waals surface area contributed by atoms with Crippen LogP contribution in [-0.4, -0.2) is 40.7 Å². The molecule has 0 saturated carbocycles. The molecular formula is C32H37NO3. The largest absolute Gasteiger partial charge is 0.481 e. The summed E-state index contributed by atoms with van der Waals surface area (Å²) in [4.78, 5) is 13.9. The zero-order chi connectivity index (χ0) is 25.6. The minimum Gasteiger partial charge on any atom is -0.481 e. The summed E-state index contributed by atoms with van der Waals surface area (Å²) in [5, 5.41) is 21.4. The van der Waals surface area contributed by atoms with Crippen LogP contribution < -0.4 is 0 Å². The molecule has 1 heterocycles. The maximum atomic E-state index is 12.0. The molecule has 2 N–H and O–H groups in total. The molecule has 1 aliphatic rings. The van der Waals surface area contributed by atoms with Crippen molar-refractivity contribution in [2.75, 3.05) is 19.6 Å². The number of carboxylic acid groups (broad SMARTS) is 1. The number of aliphatic hydroxyl groups is 1. The van der Waals surface area contributed by atoms with Gasteiger partial charge in [0.25, 0.3) is 0 Å². The summed E-state index contributed by atoms with van der Waals surface area (Å²) >= 11 is 0. The average molecular weight is 484 g/mol. The number of rotatable bonds is 9. The van der Waals surface area contributed by atoms with Crippen molar-refractivity contribution in [3.05, 3.63) is 113 Å². The van der Waals surface area contributed by atoms with Gasteiger partial charge in [-0.3, -0.25) is 4.79 Å². The zero-order valence-corrected chi connectivity index (χ0v) is 21.3. The van der Waals surface area contributed by atoms with Crippen molar-refractivity contribution < 1.29 is 15.0 Å². The van der Waals surface area contributed by atoms with Crippen molar-refractivity contribution in [1.29, 1.82) is 0 Å². The highest BCUT2D eigenvalue weighted by molar-refractivity contribution is 5.80. The van der Waals surface area contributed by atoms with E-state index in [1.165, 1.54) is 0 Å². The van der Waals surface area contributed by atoms with Crippen LogP contribution in [0.3, 0.4) is 0 Å². The molecule has 0 aliphatic carbocycles. The van der Waals surface area contributed by atoms with Crippen molar-refractivity contribution in [3.63, 3.8) is 0 Å². The molecule has 0 bridgehead atoms. The monoisotopic (exact) mass is 483 g/mol. The van der Waals surface area contributed by atoms with E-state index >= 15 is 0 Å². The van der Waals surface area contributed by atoms with Gasteiger partial charge >= 0.3 is 5.97 Å². The topological polar surface area (TPSA) is 60.8 Å². The van der Waals surface area contributed by atoms with Crippen LogP contribution in [0.2, 0.25) is 0 Å². The summed E-state index contributed by atoms with van der Waals surface area (Å²) in [5.41, 5.74) is 1.96. The van der Waals surface area contributed by atoms with Gasteiger partial charge in [-0.1, -0.05) is 97.1 Å². The normalized spacial score (nSPS) is 15.9. The smallest absolute Gasteiger partial charge is 0.313 e. The van der Waals surface area contributed by atoms with Gasteiger partial charge in [0.1, 0.15) is 5.60 Å². The fourth-order valence-corrected chi connectivity index (χ4v) is 5.21. The summed E-state index contributed by atoms with van der Waals surface area (Å²) in [7, 11) is 0. The van der Waals surface area contributed by atoms with E-state index in [0.29, 0.717) is 0 Å². The molecule has 0 amide bonds. The molecule has 3 aromatic rings. The molecule has 188 valence electrons. The quantitative estimate of drug-likeness (QED) is 0.386. The summed E-state index contributed by atoms with van der Waals surface area (Å²) in [6.45, 7) is 6.38. The third kappa shape index (κ3) is 5.61. The van der Waals surface area contributed by atoms with Crippen molar-refractivity contribution in [2.24, 2.45) is 5.92 Å². The summed E-state index contributed by atoms with van der Waals surface area (Å²) < 4.78 is 0. The number of likely N-dealkylation sites (tertiary alicyclic amines) is 1. The van der Waals surface area contributed by atoms with Crippen molar-refractivity contribution in [2.45, 2.75) is 44.1 Å². The maximum Gasteiger partial charge on any atom is 0.313 e. The van der Waals surface area contributed by atoms with Crippen LogP contribution in [0.4, 0.5) is 0 Å². The minimum absolute atomic E-state index is 0.169. The summed E-state index contributed by atoms with van der Waals surface area (Å²) in [5.74, 6) is -0.650. The molecule has 4 rings (SSSR count). The van der Waals surface area contributed by atoms with Gasteiger partial charge in [0, 0.05) is 6.54 Å². The Hall–Kier alpha value is -3.21. The van der Waals surface area contributed by atoms with Crippen LogP contribution in [0.25, 0.3) is 6.08 Å². The molecule has 1 fully saturated rings. The van der Waals surface area contributed by atoms with Crippen molar-refractivity contribution in [1.82, 2.24) is 4.90 Å². The van der Waals surface area contributed by atoms with E-state index in [2.05, 4.69) is 17.1 Å². The van der Waals surface area contributed by atoms with E-state index in [9.17, 15) is 15.0 Å². The Morgan fingerprint density at radius 2 is 1.39 bits per heavy atom. The van der Waals surface area contributed by atoms with Gasteiger partial charge in [-0.05, 0) is 74.4 Å². The molecule has 0 spiro atoms. The van der Waals surface area contributed by atoms with E-state index in [1.807, 2.05) is 84.9 Å². The first-order valence-electron chi connectivity index (χ1n) is 12.9. The maximum absolute atomic E-state index is 12.0. The Morgan fingerprint density at radius 3 is 1.89 bits per heavy atom. The third-order valence-corrected chi connectivity index (χ3v) is 7.70. The molecule has 0 aromatic heterocycles. The minimum atomic E-state index is -0.976. The Kier molecular flexibility index (Phi) is 8.07. The number of benzene rings is 3. The Bertz CT molecular complexity index is 1110. The first-order valence-corrected chi connectivity index (χ1v) is 12.9. The first kappa shape index (κ1) is 25.9. The Balaban J connectivity index is 1.33. The molecule has 36 heavy (non-hydrogen) atoms. The lowest BCUT2D eigenvalue weighted by Gasteiger charge is -2.42. The summed E-state index contributed by atoms with van der Waals surface area (Å²) in [6.07, 6.45) is 7.14. The van der Waals surface area contributed by atoms with E-state index in [0.717, 1.165) is 61.2 Å². The van der Waals surface area contributed by atoms with Crippen molar-refractivity contribution in [3.8, 4) is 0 Å². The molecular weight excluding hydrogens is 446 g/mol. The fraction of sp³-hybridized carbons (Fsp3) is 0.344. The van der Waals surface area contributed by atoms with Crippen LogP contribution in [0, 0.1) is 5.92 Å². The zero-order valence-electron chi connectivity index (χ0n) is 21.3. The predicted octanol–water partition coefficient (Wildman–Crippen LogP) is 6.10. The SMILES string of the molecule is CC(C)(C(=O)O)c1ccc(/C=C\CCN2CCC(C(O)(c3ccccc3)c3ccccc3)CC2)cc1. The molecule has 4 nitrogen and oxygen atoms in total. The first-order chi connectivity index (χ1) is 17.3. The van der Waals surface area contributed by atoms with Gasteiger partial charge in [0.15, 0.2) is 0 Å². The Labute approximate surface area is 214 Å². The number of nitrogens with zero attached hydrogens (tertiary/aromatic N) is 1. The van der Waals surface area contributed by atoms with E-state index < -0.39 is 17.0 Å². The van der Waals surface area contributed by atoms with Gasteiger partial charge in [-0.2, -0.15) is 0 Å². The lowest BCUT2D eigenvalue weighted by molar-refractivity contribution is -0.142. The lowest BCUT2D eigenvalue weighted by Crippen LogP contribution is -2.44. The molecule has 0 unspecified atom stereocenters. The predicted molar refractivity (Wildman–Crippen MR) is 146 cm³/mol. The molecule has 0 atom stereocenters. The highest BCUT2D eigenvalue weighted by atomic mass is 16.4. The van der Waals surface area contributed by atoms with Crippen LogP contribution in [0.5, 0.6) is 0 Å². The molecule has 4 heteroatoms. The van der Waals surface area contributed by atoms with Gasteiger partial charge in [0.2, 0.25) is 0 Å².